The molecule has 240 valence electrons. The Kier molecular flexibility index (Phi) is 7.98. The van der Waals surface area contributed by atoms with Gasteiger partial charge < -0.3 is 19.3 Å². The number of nitrogens with one attached hydrogen (secondary N) is 1. The molecule has 1 aliphatic carbocycles. The first-order chi connectivity index (χ1) is 20.8. The summed E-state index contributed by atoms with van der Waals surface area (Å²) >= 11 is 0. The van der Waals surface area contributed by atoms with Crippen LogP contribution >= 0.6 is 0 Å². The lowest BCUT2D eigenvalue weighted by atomic mass is 9.72. The van der Waals surface area contributed by atoms with Crippen molar-refractivity contribution in [3.8, 4) is 0 Å². The van der Waals surface area contributed by atoms with Gasteiger partial charge in [0.25, 0.3) is 0 Å². The van der Waals surface area contributed by atoms with Gasteiger partial charge in [0.05, 0.1) is 18.2 Å². The van der Waals surface area contributed by atoms with Gasteiger partial charge in [-0.25, -0.2) is 18.6 Å². The Morgan fingerprint density at radius 1 is 1.16 bits per heavy atom. The summed E-state index contributed by atoms with van der Waals surface area (Å²) in [5, 5.41) is 10.3. The number of ether oxygens (including phenoxy) is 1. The first-order valence-corrected chi connectivity index (χ1v) is 15.1. The highest BCUT2D eigenvalue weighted by molar-refractivity contribution is 5.84. The molecule has 5 atom stereocenters. The number of rotatable bonds is 7. The van der Waals surface area contributed by atoms with Crippen LogP contribution in [0.4, 0.5) is 27.8 Å². The number of halogens is 5. The van der Waals surface area contributed by atoms with Gasteiger partial charge in [-0.3, -0.25) is 9.88 Å². The second kappa shape index (κ2) is 11.4. The Labute approximate surface area is 251 Å². The molecular formula is C30H37F5N6O3. The van der Waals surface area contributed by atoms with E-state index in [-0.39, 0.29) is 24.9 Å². The van der Waals surface area contributed by atoms with Gasteiger partial charge in [-0.05, 0) is 50.3 Å². The Morgan fingerprint density at radius 3 is 2.45 bits per heavy atom. The predicted octanol–water partition coefficient (Wildman–Crippen LogP) is 4.67. The maximum absolute atomic E-state index is 14.1. The molecule has 6 rings (SSSR count). The minimum Gasteiger partial charge on any atom is -0.390 e. The Bertz CT molecular complexity index is 1550. The van der Waals surface area contributed by atoms with Crippen molar-refractivity contribution in [3.63, 3.8) is 0 Å². The lowest BCUT2D eigenvalue weighted by molar-refractivity contribution is -0.138. The quantitative estimate of drug-likeness (QED) is 0.369. The summed E-state index contributed by atoms with van der Waals surface area (Å²) in [5.74, 6) is -2.17. The number of alkyl halides is 5. The maximum atomic E-state index is 14.1. The number of aryl methyl sites for hydroxylation is 1. The van der Waals surface area contributed by atoms with Crippen molar-refractivity contribution in [2.75, 3.05) is 24.6 Å². The van der Waals surface area contributed by atoms with Crippen LogP contribution in [-0.4, -0.2) is 79.4 Å². The number of hydrogen-bond donors (Lipinski definition) is 2. The van der Waals surface area contributed by atoms with Crippen LogP contribution in [0.2, 0.25) is 0 Å². The third kappa shape index (κ3) is 5.71. The fourth-order valence-electron chi connectivity index (χ4n) is 7.14. The SMILES string of the molecule is CC[C@@H]1CN(c2nc(=O)[nH]c3c2nc(C)n3C[C@H]2OCC[C@@H]2O)[C@@H](C)CN1C(c1ccc(C(F)(F)F)cc1)C1CC(F)(F)C1. The minimum atomic E-state index is -4.50. The minimum absolute atomic E-state index is 0.158. The van der Waals surface area contributed by atoms with Gasteiger partial charge in [0.1, 0.15) is 23.1 Å². The third-order valence-corrected chi connectivity index (χ3v) is 9.47. The lowest BCUT2D eigenvalue weighted by Crippen LogP contribution is -2.60. The summed E-state index contributed by atoms with van der Waals surface area (Å²) in [6.07, 6.45) is -5.02. The van der Waals surface area contributed by atoms with Crippen molar-refractivity contribution >= 4 is 17.0 Å². The molecule has 1 aromatic carbocycles. The Balaban J connectivity index is 1.32. The van der Waals surface area contributed by atoms with E-state index >= 15 is 0 Å². The van der Waals surface area contributed by atoms with Gasteiger partial charge in [-0.1, -0.05) is 19.1 Å². The molecule has 2 saturated heterocycles. The van der Waals surface area contributed by atoms with Gasteiger partial charge in [0.2, 0.25) is 5.92 Å². The lowest BCUT2D eigenvalue weighted by Gasteiger charge is -2.53. The van der Waals surface area contributed by atoms with Gasteiger partial charge in [0, 0.05) is 50.7 Å². The molecule has 3 aromatic rings. The number of aromatic nitrogens is 4. The number of fused-ring (bicyclic) bond motifs is 1. The molecule has 3 aliphatic rings. The van der Waals surface area contributed by atoms with E-state index in [0.717, 1.165) is 12.1 Å². The zero-order valence-electron chi connectivity index (χ0n) is 24.8. The van der Waals surface area contributed by atoms with Gasteiger partial charge in [0.15, 0.2) is 5.82 Å². The summed E-state index contributed by atoms with van der Waals surface area (Å²) in [6.45, 7) is 7.35. The van der Waals surface area contributed by atoms with E-state index in [4.69, 9.17) is 9.72 Å². The highest BCUT2D eigenvalue weighted by atomic mass is 19.4. The van der Waals surface area contributed by atoms with E-state index < -0.39 is 47.5 Å². The number of piperazine rings is 1. The van der Waals surface area contributed by atoms with E-state index in [1.165, 1.54) is 12.1 Å². The average molecular weight is 625 g/mol. The molecule has 2 aromatic heterocycles. The number of imidazole rings is 1. The summed E-state index contributed by atoms with van der Waals surface area (Å²) in [7, 11) is 0. The van der Waals surface area contributed by atoms with Crippen LogP contribution in [0, 0.1) is 12.8 Å². The highest BCUT2D eigenvalue weighted by Gasteiger charge is 2.52. The second-order valence-electron chi connectivity index (χ2n) is 12.4. The smallest absolute Gasteiger partial charge is 0.390 e. The van der Waals surface area contributed by atoms with E-state index in [9.17, 15) is 31.9 Å². The van der Waals surface area contributed by atoms with Crippen molar-refractivity contribution in [1.82, 2.24) is 24.4 Å². The molecule has 0 bridgehead atoms. The maximum Gasteiger partial charge on any atom is 0.416 e. The standard InChI is InChI=1S/C30H37F5N6O3/c1-4-21-14-39(26-24-27(38-28(43)37-26)40(17(3)36-24)15-23-22(42)9-10-44-23)16(2)13-41(21)25(19-11-29(31,32)12-19)18-5-7-20(8-6-18)30(33,34)35/h5-8,16,19,21-23,25,42H,4,9-15H2,1-3H3,(H,37,38,43)/t16-,21+,22-,23+,25?/m0/s1. The van der Waals surface area contributed by atoms with Crippen LogP contribution in [0.1, 0.15) is 62.5 Å². The second-order valence-corrected chi connectivity index (χ2v) is 12.4. The number of H-pyrrole nitrogens is 1. The number of hydrogen-bond acceptors (Lipinski definition) is 7. The topological polar surface area (TPSA) is 99.5 Å². The average Bonchev–Trinajstić information content (AvgIpc) is 3.49. The van der Waals surface area contributed by atoms with Crippen LogP contribution < -0.4 is 10.6 Å². The van der Waals surface area contributed by atoms with Crippen LogP contribution in [0.25, 0.3) is 11.2 Å². The number of aliphatic hydroxyl groups excluding tert-OH is 1. The molecule has 1 unspecified atom stereocenters. The van der Waals surface area contributed by atoms with Crippen molar-refractivity contribution in [3.05, 3.63) is 51.7 Å². The van der Waals surface area contributed by atoms with Crippen LogP contribution in [-0.2, 0) is 17.5 Å². The molecule has 4 heterocycles. The number of aromatic amines is 1. The van der Waals surface area contributed by atoms with Crippen molar-refractivity contribution in [2.24, 2.45) is 5.92 Å². The number of aliphatic hydroxyl groups is 1. The molecule has 2 N–H and O–H groups in total. The Hall–Kier alpha value is -3.10. The van der Waals surface area contributed by atoms with Gasteiger partial charge in [-0.2, -0.15) is 18.2 Å². The molecule has 14 heteroatoms. The number of anilines is 1. The molecule has 44 heavy (non-hydrogen) atoms. The van der Waals surface area contributed by atoms with E-state index in [1.54, 1.807) is 0 Å². The summed E-state index contributed by atoms with van der Waals surface area (Å²) in [4.78, 5) is 28.9. The zero-order valence-corrected chi connectivity index (χ0v) is 24.8. The zero-order chi connectivity index (χ0) is 31.6. The molecule has 0 radical (unpaired) electrons. The highest BCUT2D eigenvalue weighted by Crippen LogP contribution is 2.51. The summed E-state index contributed by atoms with van der Waals surface area (Å²) in [5.41, 5.74) is 0.227. The summed E-state index contributed by atoms with van der Waals surface area (Å²) < 4.78 is 75.6. The molecular weight excluding hydrogens is 587 g/mol. The van der Waals surface area contributed by atoms with Gasteiger partial charge in [-0.15, -0.1) is 0 Å². The molecule has 9 nitrogen and oxygen atoms in total. The van der Waals surface area contributed by atoms with Crippen LogP contribution in [0.5, 0.6) is 0 Å². The molecule has 0 spiro atoms. The fourth-order valence-corrected chi connectivity index (χ4v) is 7.14. The first kappa shape index (κ1) is 30.9. The van der Waals surface area contributed by atoms with Gasteiger partial charge >= 0.3 is 11.9 Å². The van der Waals surface area contributed by atoms with E-state index in [0.29, 0.717) is 67.5 Å². The van der Waals surface area contributed by atoms with Crippen molar-refractivity contribution < 1.29 is 31.8 Å². The normalized spacial score (nSPS) is 27.2. The third-order valence-electron chi connectivity index (χ3n) is 9.47. The molecule has 2 aliphatic heterocycles. The molecule has 0 amide bonds. The van der Waals surface area contributed by atoms with Crippen LogP contribution in [0.3, 0.4) is 0 Å². The van der Waals surface area contributed by atoms with Crippen LogP contribution in [0.15, 0.2) is 29.1 Å². The molecule has 3 fully saturated rings. The number of nitrogens with zero attached hydrogens (tertiary/aromatic N) is 5. The van der Waals surface area contributed by atoms with Crippen molar-refractivity contribution in [1.29, 1.82) is 0 Å². The molecule has 1 saturated carbocycles. The number of benzene rings is 1. The van der Waals surface area contributed by atoms with Crippen molar-refractivity contribution in [2.45, 2.75) is 95.4 Å². The monoisotopic (exact) mass is 624 g/mol. The predicted molar refractivity (Wildman–Crippen MR) is 153 cm³/mol. The largest absolute Gasteiger partial charge is 0.416 e. The first-order valence-electron chi connectivity index (χ1n) is 15.1. The fraction of sp³-hybridized carbons (Fsp3) is 0.633. The van der Waals surface area contributed by atoms with E-state index in [2.05, 4.69) is 14.9 Å². The Morgan fingerprint density at radius 2 is 1.86 bits per heavy atom. The van der Waals surface area contributed by atoms with E-state index in [1.807, 2.05) is 30.2 Å². The summed E-state index contributed by atoms with van der Waals surface area (Å²) in [6, 6.07) is 3.99.